The van der Waals surface area contributed by atoms with E-state index >= 15 is 0 Å². The van der Waals surface area contributed by atoms with Gasteiger partial charge in [0, 0.05) is 30.5 Å². The number of carbonyl (C=O) groups is 1. The summed E-state index contributed by atoms with van der Waals surface area (Å²) in [6.07, 6.45) is 7.45. The van der Waals surface area contributed by atoms with Gasteiger partial charge in [-0.1, -0.05) is 18.2 Å². The highest BCUT2D eigenvalue weighted by atomic mass is 16.6. The van der Waals surface area contributed by atoms with Crippen LogP contribution in [0.1, 0.15) is 55.4 Å². The van der Waals surface area contributed by atoms with Crippen LogP contribution in [0.2, 0.25) is 0 Å². The van der Waals surface area contributed by atoms with Crippen LogP contribution >= 0.6 is 0 Å². The fourth-order valence-corrected chi connectivity index (χ4v) is 5.85. The molecule has 0 unspecified atom stereocenters. The highest BCUT2D eigenvalue weighted by Crippen LogP contribution is 2.38. The molecule has 0 bridgehead atoms. The third kappa shape index (κ3) is 5.21. The Morgan fingerprint density at radius 3 is 2.51 bits per heavy atom. The molecular weight excluding hydrogens is 460 g/mol. The lowest BCUT2D eigenvalue weighted by Gasteiger charge is -2.38. The normalized spacial score (nSPS) is 18.9. The SMILES string of the molecule is Cc1cc(C)c2c(ccn2C(=O)OC(C)(C)C)c1C[C@@H]1CCN(C)C[C@H]1c1ccc(-n2cccn2)cc1. The molecule has 2 aromatic carbocycles. The molecule has 1 aliphatic rings. The molecule has 3 heterocycles. The van der Waals surface area contributed by atoms with Crippen LogP contribution in [0.25, 0.3) is 16.6 Å². The van der Waals surface area contributed by atoms with Crippen LogP contribution in [-0.4, -0.2) is 51.1 Å². The number of hydrogen-bond acceptors (Lipinski definition) is 4. The summed E-state index contributed by atoms with van der Waals surface area (Å²) in [6.45, 7) is 12.1. The fraction of sp³-hybridized carbons (Fsp3) is 0.419. The molecule has 0 aliphatic carbocycles. The Labute approximate surface area is 219 Å². The summed E-state index contributed by atoms with van der Waals surface area (Å²) in [4.78, 5) is 15.4. The molecule has 2 aromatic heterocycles. The minimum absolute atomic E-state index is 0.324. The second-order valence-corrected chi connectivity index (χ2v) is 11.6. The van der Waals surface area contributed by atoms with Gasteiger partial charge in [-0.3, -0.25) is 4.57 Å². The fourth-order valence-electron chi connectivity index (χ4n) is 5.85. The van der Waals surface area contributed by atoms with E-state index in [0.717, 1.165) is 48.1 Å². The van der Waals surface area contributed by atoms with Crippen LogP contribution in [0.5, 0.6) is 0 Å². The molecule has 0 radical (unpaired) electrons. The van der Waals surface area contributed by atoms with Gasteiger partial charge in [-0.15, -0.1) is 0 Å². The molecule has 5 rings (SSSR count). The van der Waals surface area contributed by atoms with Gasteiger partial charge in [0.05, 0.1) is 11.2 Å². The van der Waals surface area contributed by atoms with Crippen molar-refractivity contribution in [1.82, 2.24) is 19.2 Å². The number of carbonyl (C=O) groups excluding carboxylic acids is 1. The van der Waals surface area contributed by atoms with Gasteiger partial charge in [0.1, 0.15) is 5.60 Å². The summed E-state index contributed by atoms with van der Waals surface area (Å²) in [5, 5.41) is 5.53. The smallest absolute Gasteiger partial charge is 0.418 e. The zero-order valence-corrected chi connectivity index (χ0v) is 22.9. The van der Waals surface area contributed by atoms with Crippen LogP contribution in [0.15, 0.2) is 61.1 Å². The number of likely N-dealkylation sites (N-methyl/N-ethyl adjacent to an activating group) is 1. The lowest BCUT2D eigenvalue weighted by atomic mass is 9.76. The van der Waals surface area contributed by atoms with Gasteiger partial charge in [-0.05, 0) is 119 Å². The van der Waals surface area contributed by atoms with Crippen LogP contribution < -0.4 is 0 Å². The Bertz CT molecular complexity index is 1390. The van der Waals surface area contributed by atoms with E-state index in [9.17, 15) is 4.79 Å². The van der Waals surface area contributed by atoms with Crippen molar-refractivity contribution in [2.24, 2.45) is 5.92 Å². The highest BCUT2D eigenvalue weighted by molar-refractivity contribution is 5.94. The lowest BCUT2D eigenvalue weighted by molar-refractivity contribution is 0.0544. The predicted molar refractivity (Wildman–Crippen MR) is 149 cm³/mol. The largest absolute Gasteiger partial charge is 0.443 e. The van der Waals surface area contributed by atoms with Crippen molar-refractivity contribution in [3.63, 3.8) is 0 Å². The van der Waals surface area contributed by atoms with Gasteiger partial charge in [0.25, 0.3) is 0 Å². The molecule has 1 saturated heterocycles. The van der Waals surface area contributed by atoms with Gasteiger partial charge < -0.3 is 9.64 Å². The van der Waals surface area contributed by atoms with Gasteiger partial charge in [0.15, 0.2) is 0 Å². The van der Waals surface area contributed by atoms with Crippen molar-refractivity contribution in [2.75, 3.05) is 20.1 Å². The maximum absolute atomic E-state index is 13.0. The first-order valence-electron chi connectivity index (χ1n) is 13.2. The van der Waals surface area contributed by atoms with Crippen LogP contribution in [0.3, 0.4) is 0 Å². The summed E-state index contributed by atoms with van der Waals surface area (Å²) >= 11 is 0. The molecule has 1 fully saturated rings. The van der Waals surface area contributed by atoms with Crippen molar-refractivity contribution in [2.45, 2.75) is 59.0 Å². The second kappa shape index (κ2) is 9.82. The minimum Gasteiger partial charge on any atom is -0.443 e. The maximum atomic E-state index is 13.0. The Hall–Kier alpha value is -3.38. The number of benzene rings is 2. The number of aryl methyl sites for hydroxylation is 2. The monoisotopic (exact) mass is 498 g/mol. The number of hydrogen-bond donors (Lipinski definition) is 0. The van der Waals surface area contributed by atoms with Crippen molar-refractivity contribution in [1.29, 1.82) is 0 Å². The van der Waals surface area contributed by atoms with E-state index in [2.05, 4.69) is 67.3 Å². The predicted octanol–water partition coefficient (Wildman–Crippen LogP) is 6.51. The van der Waals surface area contributed by atoms with E-state index in [0.29, 0.717) is 11.8 Å². The van der Waals surface area contributed by atoms with Crippen molar-refractivity contribution in [3.05, 3.63) is 83.3 Å². The van der Waals surface area contributed by atoms with E-state index in [1.165, 1.54) is 16.7 Å². The Balaban J connectivity index is 1.47. The highest BCUT2D eigenvalue weighted by Gasteiger charge is 2.31. The Kier molecular flexibility index (Phi) is 6.71. The first kappa shape index (κ1) is 25.3. The van der Waals surface area contributed by atoms with E-state index in [4.69, 9.17) is 4.74 Å². The van der Waals surface area contributed by atoms with Crippen molar-refractivity contribution >= 4 is 17.0 Å². The molecule has 2 atom stereocenters. The number of aromatic nitrogens is 3. The lowest BCUT2D eigenvalue weighted by Crippen LogP contribution is -2.37. The number of rotatable bonds is 4. The standard InChI is InChI=1S/C31H38N4O2/c1-21-18-22(2)29-26(13-17-34(29)30(36)37-31(3,4)5)27(21)19-24-12-16-33(6)20-28(24)23-8-10-25(11-9-23)35-15-7-14-32-35/h7-11,13-15,17-18,24,28H,12,16,19-20H2,1-6H3/t24-,28-/m0/s1. The molecule has 0 spiro atoms. The van der Waals surface area contributed by atoms with E-state index in [1.807, 2.05) is 43.9 Å². The van der Waals surface area contributed by atoms with Crippen molar-refractivity contribution in [3.8, 4) is 5.69 Å². The summed E-state index contributed by atoms with van der Waals surface area (Å²) < 4.78 is 9.28. The summed E-state index contributed by atoms with van der Waals surface area (Å²) in [6, 6.07) is 15.1. The van der Waals surface area contributed by atoms with E-state index in [-0.39, 0.29) is 6.09 Å². The Morgan fingerprint density at radius 2 is 1.84 bits per heavy atom. The average molecular weight is 499 g/mol. The number of piperidine rings is 1. The first-order valence-corrected chi connectivity index (χ1v) is 13.2. The average Bonchev–Trinajstić information content (AvgIpc) is 3.52. The molecule has 194 valence electrons. The van der Waals surface area contributed by atoms with Gasteiger partial charge in [0.2, 0.25) is 0 Å². The van der Waals surface area contributed by atoms with Gasteiger partial charge in [-0.2, -0.15) is 5.10 Å². The first-order chi connectivity index (χ1) is 17.6. The van der Waals surface area contributed by atoms with E-state index < -0.39 is 5.60 Å². The third-order valence-corrected chi connectivity index (χ3v) is 7.60. The summed E-state index contributed by atoms with van der Waals surface area (Å²) in [5.74, 6) is 0.954. The van der Waals surface area contributed by atoms with Crippen LogP contribution in [0, 0.1) is 19.8 Å². The molecule has 37 heavy (non-hydrogen) atoms. The second-order valence-electron chi connectivity index (χ2n) is 11.6. The van der Waals surface area contributed by atoms with Crippen LogP contribution in [0.4, 0.5) is 4.79 Å². The number of nitrogens with zero attached hydrogens (tertiary/aromatic N) is 4. The quantitative estimate of drug-likeness (QED) is 0.322. The molecule has 0 N–H and O–H groups in total. The summed E-state index contributed by atoms with van der Waals surface area (Å²) in [7, 11) is 2.22. The molecular formula is C31H38N4O2. The third-order valence-electron chi connectivity index (χ3n) is 7.60. The zero-order chi connectivity index (χ0) is 26.3. The summed E-state index contributed by atoms with van der Waals surface area (Å²) in [5.41, 5.74) is 6.61. The van der Waals surface area contributed by atoms with Gasteiger partial charge >= 0.3 is 6.09 Å². The van der Waals surface area contributed by atoms with Gasteiger partial charge in [-0.25, -0.2) is 9.48 Å². The number of ether oxygens (including phenoxy) is 1. The Morgan fingerprint density at radius 1 is 1.08 bits per heavy atom. The molecule has 1 aliphatic heterocycles. The molecule has 0 amide bonds. The van der Waals surface area contributed by atoms with Crippen molar-refractivity contribution < 1.29 is 9.53 Å². The maximum Gasteiger partial charge on any atom is 0.418 e. The topological polar surface area (TPSA) is 52.3 Å². The van der Waals surface area contributed by atoms with E-state index in [1.54, 1.807) is 10.8 Å². The number of fused-ring (bicyclic) bond motifs is 1. The molecule has 6 heteroatoms. The molecule has 4 aromatic rings. The zero-order valence-electron chi connectivity index (χ0n) is 22.9. The molecule has 0 saturated carbocycles. The molecule has 6 nitrogen and oxygen atoms in total. The number of likely N-dealkylation sites (tertiary alicyclic amines) is 1. The van der Waals surface area contributed by atoms with Crippen LogP contribution in [-0.2, 0) is 11.2 Å². The minimum atomic E-state index is -0.538.